The zero-order valence-electron chi connectivity index (χ0n) is 13.6. The molecule has 1 aliphatic rings. The molecule has 1 amide bonds. The minimum absolute atomic E-state index is 0.0748. The minimum atomic E-state index is -0.390. The molecule has 0 unspecified atom stereocenters. The Morgan fingerprint density at radius 1 is 1.21 bits per heavy atom. The van der Waals surface area contributed by atoms with E-state index >= 15 is 0 Å². The van der Waals surface area contributed by atoms with Crippen LogP contribution in [0.25, 0.3) is 11.3 Å². The van der Waals surface area contributed by atoms with Gasteiger partial charge in [-0.1, -0.05) is 12.1 Å². The highest BCUT2D eigenvalue weighted by Gasteiger charge is 2.13. The normalized spacial score (nSPS) is 13.2. The molecule has 3 rings (SSSR count). The van der Waals surface area contributed by atoms with Crippen LogP contribution in [0, 0.1) is 0 Å². The van der Waals surface area contributed by atoms with Gasteiger partial charge < -0.3 is 10.1 Å². The Kier molecular flexibility index (Phi) is 5.25. The molecule has 0 aliphatic heterocycles. The van der Waals surface area contributed by atoms with E-state index in [4.69, 9.17) is 0 Å². The van der Waals surface area contributed by atoms with Crippen molar-refractivity contribution in [2.75, 3.05) is 12.4 Å². The zero-order valence-corrected chi connectivity index (χ0v) is 14.4. The first-order valence-corrected chi connectivity index (χ1v) is 8.98. The summed E-state index contributed by atoms with van der Waals surface area (Å²) in [5, 5.41) is 5.23. The molecule has 1 aromatic heterocycles. The van der Waals surface area contributed by atoms with E-state index in [1.54, 1.807) is 0 Å². The molecule has 126 valence electrons. The predicted octanol–water partition coefficient (Wildman–Crippen LogP) is 3.58. The van der Waals surface area contributed by atoms with Gasteiger partial charge in [-0.25, -0.2) is 4.98 Å². The lowest BCUT2D eigenvalue weighted by Crippen LogP contribution is -2.13. The Morgan fingerprint density at radius 2 is 2.00 bits per heavy atom. The average molecular weight is 344 g/mol. The lowest BCUT2D eigenvalue weighted by molar-refractivity contribution is -0.141. The molecule has 1 aliphatic carbocycles. The van der Waals surface area contributed by atoms with E-state index in [2.05, 4.69) is 33.2 Å². The van der Waals surface area contributed by atoms with Crippen molar-refractivity contribution < 1.29 is 14.3 Å². The Labute approximate surface area is 145 Å². The summed E-state index contributed by atoms with van der Waals surface area (Å²) >= 11 is 1.39. The summed E-state index contributed by atoms with van der Waals surface area (Å²) in [6.07, 6.45) is 4.98. The summed E-state index contributed by atoms with van der Waals surface area (Å²) in [7, 11) is 1.31. The standard InChI is InChI=1S/C18H20N2O3S/c1-23-17(22)9-8-16(21)20-18-19-15(11-24-18)14-7-6-12-4-2-3-5-13(12)10-14/h6-7,10-11H,2-5,8-9H2,1H3,(H,19,20,21). The molecule has 24 heavy (non-hydrogen) atoms. The highest BCUT2D eigenvalue weighted by atomic mass is 32.1. The van der Waals surface area contributed by atoms with Crippen LogP contribution in [-0.2, 0) is 27.2 Å². The number of methoxy groups -OCH3 is 1. The van der Waals surface area contributed by atoms with Gasteiger partial charge in [0, 0.05) is 17.4 Å². The maximum absolute atomic E-state index is 11.8. The summed E-state index contributed by atoms with van der Waals surface area (Å²) in [6.45, 7) is 0. The van der Waals surface area contributed by atoms with Crippen molar-refractivity contribution in [1.82, 2.24) is 4.98 Å². The number of carbonyl (C=O) groups is 2. The Balaban J connectivity index is 1.65. The zero-order chi connectivity index (χ0) is 16.9. The molecule has 1 aromatic carbocycles. The Hall–Kier alpha value is -2.21. The molecule has 0 bridgehead atoms. The number of aryl methyl sites for hydroxylation is 2. The maximum atomic E-state index is 11.8. The number of rotatable bonds is 5. The highest BCUT2D eigenvalue weighted by Crippen LogP contribution is 2.29. The van der Waals surface area contributed by atoms with Gasteiger partial charge in [0.05, 0.1) is 19.2 Å². The number of ether oxygens (including phenoxy) is 1. The number of anilines is 1. The van der Waals surface area contributed by atoms with Gasteiger partial charge in [-0.3, -0.25) is 9.59 Å². The first-order valence-electron chi connectivity index (χ1n) is 8.10. The molecule has 0 saturated heterocycles. The van der Waals surface area contributed by atoms with Crippen LogP contribution >= 0.6 is 11.3 Å². The summed E-state index contributed by atoms with van der Waals surface area (Å²) in [5.41, 5.74) is 4.81. The van der Waals surface area contributed by atoms with Gasteiger partial charge in [0.2, 0.25) is 5.91 Å². The smallest absolute Gasteiger partial charge is 0.306 e. The van der Waals surface area contributed by atoms with E-state index < -0.39 is 0 Å². The quantitative estimate of drug-likeness (QED) is 0.842. The van der Waals surface area contributed by atoms with E-state index in [-0.39, 0.29) is 24.7 Å². The number of nitrogens with one attached hydrogen (secondary N) is 1. The number of carbonyl (C=O) groups excluding carboxylic acids is 2. The van der Waals surface area contributed by atoms with E-state index in [0.29, 0.717) is 5.13 Å². The summed E-state index contributed by atoms with van der Waals surface area (Å²) in [4.78, 5) is 27.4. The van der Waals surface area contributed by atoms with Gasteiger partial charge >= 0.3 is 5.97 Å². The van der Waals surface area contributed by atoms with Crippen molar-refractivity contribution in [2.24, 2.45) is 0 Å². The molecule has 0 spiro atoms. The molecule has 0 atom stereocenters. The SMILES string of the molecule is COC(=O)CCC(=O)Nc1nc(-c2ccc3c(c2)CCCC3)cs1. The van der Waals surface area contributed by atoms with E-state index in [9.17, 15) is 9.59 Å². The lowest BCUT2D eigenvalue weighted by atomic mass is 9.90. The topological polar surface area (TPSA) is 68.3 Å². The molecule has 1 heterocycles. The van der Waals surface area contributed by atoms with Gasteiger partial charge in [-0.05, 0) is 42.9 Å². The van der Waals surface area contributed by atoms with Crippen molar-refractivity contribution in [3.8, 4) is 11.3 Å². The number of nitrogens with zero attached hydrogens (tertiary/aromatic N) is 1. The number of amides is 1. The minimum Gasteiger partial charge on any atom is -0.469 e. The Bertz CT molecular complexity index is 754. The summed E-state index contributed by atoms with van der Waals surface area (Å²) in [6, 6.07) is 6.51. The van der Waals surface area contributed by atoms with Crippen LogP contribution in [0.4, 0.5) is 5.13 Å². The van der Waals surface area contributed by atoms with Crippen LogP contribution in [0.15, 0.2) is 23.6 Å². The predicted molar refractivity (Wildman–Crippen MR) is 94.1 cm³/mol. The molecular weight excluding hydrogens is 324 g/mol. The fourth-order valence-corrected chi connectivity index (χ4v) is 3.59. The average Bonchev–Trinajstić information content (AvgIpc) is 3.07. The fourth-order valence-electron chi connectivity index (χ4n) is 2.86. The van der Waals surface area contributed by atoms with Crippen molar-refractivity contribution in [1.29, 1.82) is 0 Å². The van der Waals surface area contributed by atoms with Crippen molar-refractivity contribution in [2.45, 2.75) is 38.5 Å². The van der Waals surface area contributed by atoms with Gasteiger partial charge in [-0.2, -0.15) is 0 Å². The van der Waals surface area contributed by atoms with Gasteiger partial charge in [-0.15, -0.1) is 11.3 Å². The van der Waals surface area contributed by atoms with Crippen LogP contribution in [0.5, 0.6) is 0 Å². The van der Waals surface area contributed by atoms with E-state index in [0.717, 1.165) is 24.1 Å². The number of benzene rings is 1. The Morgan fingerprint density at radius 3 is 2.79 bits per heavy atom. The van der Waals surface area contributed by atoms with Crippen LogP contribution in [0.3, 0.4) is 0 Å². The van der Waals surface area contributed by atoms with Crippen LogP contribution in [0.1, 0.15) is 36.8 Å². The number of aromatic nitrogens is 1. The first kappa shape index (κ1) is 16.6. The van der Waals surface area contributed by atoms with Crippen molar-refractivity contribution in [3.05, 3.63) is 34.7 Å². The molecule has 5 nitrogen and oxygen atoms in total. The second-order valence-electron chi connectivity index (χ2n) is 5.85. The first-order chi connectivity index (χ1) is 11.7. The number of hydrogen-bond acceptors (Lipinski definition) is 5. The fraction of sp³-hybridized carbons (Fsp3) is 0.389. The van der Waals surface area contributed by atoms with Crippen molar-refractivity contribution >= 4 is 28.3 Å². The third-order valence-electron chi connectivity index (χ3n) is 4.18. The number of hydrogen-bond donors (Lipinski definition) is 1. The molecular formula is C18H20N2O3S. The maximum Gasteiger partial charge on any atom is 0.306 e. The number of fused-ring (bicyclic) bond motifs is 1. The van der Waals surface area contributed by atoms with Crippen LogP contribution < -0.4 is 5.32 Å². The van der Waals surface area contributed by atoms with Gasteiger partial charge in [0.15, 0.2) is 5.13 Å². The highest BCUT2D eigenvalue weighted by molar-refractivity contribution is 7.14. The van der Waals surface area contributed by atoms with E-state index in [1.807, 2.05) is 5.38 Å². The third kappa shape index (κ3) is 4.00. The number of esters is 1. The second kappa shape index (κ2) is 7.57. The van der Waals surface area contributed by atoms with Gasteiger partial charge in [0.25, 0.3) is 0 Å². The third-order valence-corrected chi connectivity index (χ3v) is 4.94. The molecule has 1 N–H and O–H groups in total. The second-order valence-corrected chi connectivity index (χ2v) is 6.71. The molecule has 2 aromatic rings. The van der Waals surface area contributed by atoms with Gasteiger partial charge in [0.1, 0.15) is 0 Å². The molecule has 0 saturated carbocycles. The molecule has 0 fully saturated rings. The molecule has 0 radical (unpaired) electrons. The molecule has 6 heteroatoms. The van der Waals surface area contributed by atoms with Crippen LogP contribution in [0.2, 0.25) is 0 Å². The monoisotopic (exact) mass is 344 g/mol. The lowest BCUT2D eigenvalue weighted by Gasteiger charge is -2.16. The summed E-state index contributed by atoms with van der Waals surface area (Å²) < 4.78 is 4.53. The number of thiazole rings is 1. The summed E-state index contributed by atoms with van der Waals surface area (Å²) in [5.74, 6) is -0.620. The van der Waals surface area contributed by atoms with Crippen molar-refractivity contribution in [3.63, 3.8) is 0 Å². The van der Waals surface area contributed by atoms with E-state index in [1.165, 1.54) is 42.4 Å². The largest absolute Gasteiger partial charge is 0.469 e. The van der Waals surface area contributed by atoms with Crippen LogP contribution in [-0.4, -0.2) is 24.0 Å².